The number of hydrogen-bond acceptors (Lipinski definition) is 3. The summed E-state index contributed by atoms with van der Waals surface area (Å²) >= 11 is 0. The van der Waals surface area contributed by atoms with E-state index in [0.29, 0.717) is 11.7 Å². The normalized spacial score (nSPS) is 21.2. The molecular weight excluding hydrogens is 298 g/mol. The third-order valence-corrected chi connectivity index (χ3v) is 5.85. The molecule has 2 aliphatic carbocycles. The average molecular weight is 329 g/mol. The Bertz CT molecular complexity index is 513. The number of anilines is 1. The van der Waals surface area contributed by atoms with Crippen molar-refractivity contribution in [3.05, 3.63) is 24.3 Å². The second-order valence-corrected chi connectivity index (χ2v) is 7.49. The van der Waals surface area contributed by atoms with Gasteiger partial charge in [-0.3, -0.25) is 4.79 Å². The van der Waals surface area contributed by atoms with Gasteiger partial charge in [0, 0.05) is 11.6 Å². The molecule has 2 fully saturated rings. The number of Topliss-reactive ketones (excluding diaryl/α,β-unsaturated/α-hetero) is 1. The predicted molar refractivity (Wildman–Crippen MR) is 98.6 cm³/mol. The van der Waals surface area contributed by atoms with E-state index in [9.17, 15) is 4.79 Å². The molecule has 0 spiro atoms. The molecule has 2 aliphatic rings. The van der Waals surface area contributed by atoms with Gasteiger partial charge in [0.2, 0.25) is 0 Å². The number of carbonyl (C=O) groups is 1. The summed E-state index contributed by atoms with van der Waals surface area (Å²) in [5.74, 6) is 2.09. The van der Waals surface area contributed by atoms with Crippen molar-refractivity contribution in [3.63, 3.8) is 0 Å². The Morgan fingerprint density at radius 2 is 1.54 bits per heavy atom. The molecule has 0 aromatic heterocycles. The van der Waals surface area contributed by atoms with Gasteiger partial charge >= 0.3 is 0 Å². The van der Waals surface area contributed by atoms with E-state index in [2.05, 4.69) is 5.32 Å². The van der Waals surface area contributed by atoms with E-state index in [1.54, 1.807) is 7.11 Å². The Balaban J connectivity index is 1.73. The number of carbonyl (C=O) groups excluding carboxylic acids is 1. The van der Waals surface area contributed by atoms with Gasteiger partial charge in [0.25, 0.3) is 0 Å². The van der Waals surface area contributed by atoms with Gasteiger partial charge in [0.15, 0.2) is 5.78 Å². The molecule has 0 unspecified atom stereocenters. The molecule has 1 N–H and O–H groups in total. The van der Waals surface area contributed by atoms with Crippen molar-refractivity contribution in [1.82, 2.24) is 0 Å². The predicted octanol–water partition coefficient (Wildman–Crippen LogP) is 5.21. The van der Waals surface area contributed by atoms with Gasteiger partial charge in [-0.05, 0) is 55.9 Å². The highest BCUT2D eigenvalue weighted by Crippen LogP contribution is 2.33. The maximum absolute atomic E-state index is 13.2. The van der Waals surface area contributed by atoms with Crippen molar-refractivity contribution < 1.29 is 9.53 Å². The molecule has 2 saturated carbocycles. The molecule has 0 heterocycles. The zero-order chi connectivity index (χ0) is 16.8. The highest BCUT2D eigenvalue weighted by atomic mass is 16.5. The monoisotopic (exact) mass is 329 g/mol. The summed E-state index contributed by atoms with van der Waals surface area (Å²) < 4.78 is 5.24. The van der Waals surface area contributed by atoms with E-state index in [1.165, 1.54) is 51.4 Å². The van der Waals surface area contributed by atoms with Crippen molar-refractivity contribution in [2.75, 3.05) is 12.4 Å². The molecule has 3 rings (SSSR count). The van der Waals surface area contributed by atoms with Gasteiger partial charge in [0.1, 0.15) is 5.75 Å². The van der Waals surface area contributed by atoms with Gasteiger partial charge in [-0.15, -0.1) is 0 Å². The molecule has 3 heteroatoms. The Hall–Kier alpha value is -1.51. The quantitative estimate of drug-likeness (QED) is 0.779. The number of nitrogens with one attached hydrogen (secondary N) is 1. The molecule has 1 aromatic rings. The minimum Gasteiger partial charge on any atom is -0.497 e. The highest BCUT2D eigenvalue weighted by Gasteiger charge is 2.34. The largest absolute Gasteiger partial charge is 0.497 e. The molecule has 1 atom stereocenters. The fourth-order valence-corrected chi connectivity index (χ4v) is 4.40. The summed E-state index contributed by atoms with van der Waals surface area (Å²) in [6, 6.07) is 7.98. The maximum Gasteiger partial charge on any atom is 0.158 e. The summed E-state index contributed by atoms with van der Waals surface area (Å²) in [6.07, 6.45) is 12.1. The first-order valence-electron chi connectivity index (χ1n) is 9.72. The summed E-state index contributed by atoms with van der Waals surface area (Å²) in [5.41, 5.74) is 1.04. The summed E-state index contributed by atoms with van der Waals surface area (Å²) in [5, 5.41) is 3.59. The van der Waals surface area contributed by atoms with E-state index in [1.807, 2.05) is 24.3 Å². The van der Waals surface area contributed by atoms with Crippen molar-refractivity contribution in [2.24, 2.45) is 11.8 Å². The Labute approximate surface area is 146 Å². The number of hydrogen-bond donors (Lipinski definition) is 1. The van der Waals surface area contributed by atoms with Crippen LogP contribution in [0.4, 0.5) is 5.69 Å². The van der Waals surface area contributed by atoms with Crippen LogP contribution in [-0.2, 0) is 4.79 Å². The van der Waals surface area contributed by atoms with E-state index in [-0.39, 0.29) is 12.0 Å². The minimum absolute atomic E-state index is 0.0122. The zero-order valence-corrected chi connectivity index (χ0v) is 14.9. The average Bonchev–Trinajstić information content (AvgIpc) is 2.67. The molecule has 132 valence electrons. The summed E-state index contributed by atoms with van der Waals surface area (Å²) in [6.45, 7) is 0. The molecule has 1 aromatic carbocycles. The van der Waals surface area contributed by atoms with Crippen molar-refractivity contribution >= 4 is 11.5 Å². The molecule has 0 aliphatic heterocycles. The highest BCUT2D eigenvalue weighted by molar-refractivity contribution is 5.89. The fourth-order valence-electron chi connectivity index (χ4n) is 4.40. The van der Waals surface area contributed by atoms with Crippen molar-refractivity contribution in [2.45, 2.75) is 70.3 Å². The van der Waals surface area contributed by atoms with E-state index < -0.39 is 0 Å². The van der Waals surface area contributed by atoms with Crippen LogP contribution >= 0.6 is 0 Å². The first kappa shape index (κ1) is 17.3. The molecule has 3 nitrogen and oxygen atoms in total. The summed E-state index contributed by atoms with van der Waals surface area (Å²) in [4.78, 5) is 13.2. The lowest BCUT2D eigenvalue weighted by atomic mass is 9.76. The molecule has 0 radical (unpaired) electrons. The number of ether oxygens (including phenoxy) is 1. The molecule has 0 saturated heterocycles. The van der Waals surface area contributed by atoms with Gasteiger partial charge < -0.3 is 10.1 Å². The van der Waals surface area contributed by atoms with Crippen LogP contribution in [0.15, 0.2) is 24.3 Å². The van der Waals surface area contributed by atoms with Crippen LogP contribution in [0, 0.1) is 11.8 Å². The van der Waals surface area contributed by atoms with Gasteiger partial charge in [0.05, 0.1) is 13.2 Å². The Kier molecular flexibility index (Phi) is 6.17. The Morgan fingerprint density at radius 3 is 2.12 bits per heavy atom. The van der Waals surface area contributed by atoms with Crippen LogP contribution in [0.5, 0.6) is 5.75 Å². The number of methoxy groups -OCH3 is 1. The SMILES string of the molecule is COc1ccc(N[C@H](C(=O)C2CCCCC2)C2CCCCC2)cc1. The molecule has 0 bridgehead atoms. The maximum atomic E-state index is 13.2. The topological polar surface area (TPSA) is 38.3 Å². The minimum atomic E-state index is -0.0122. The Morgan fingerprint density at radius 1 is 0.958 bits per heavy atom. The van der Waals surface area contributed by atoms with Crippen molar-refractivity contribution in [3.8, 4) is 5.75 Å². The lowest BCUT2D eigenvalue weighted by molar-refractivity contribution is -0.125. The lowest BCUT2D eigenvalue weighted by Crippen LogP contribution is -2.42. The third kappa shape index (κ3) is 4.31. The first-order chi connectivity index (χ1) is 11.8. The van der Waals surface area contributed by atoms with Crippen LogP contribution in [0.3, 0.4) is 0 Å². The molecular formula is C21H31NO2. The second kappa shape index (κ2) is 8.55. The zero-order valence-electron chi connectivity index (χ0n) is 14.9. The van der Waals surface area contributed by atoms with E-state index >= 15 is 0 Å². The van der Waals surface area contributed by atoms with Gasteiger partial charge in [-0.2, -0.15) is 0 Å². The van der Waals surface area contributed by atoms with E-state index in [0.717, 1.165) is 24.3 Å². The van der Waals surface area contributed by atoms with Crippen molar-refractivity contribution in [1.29, 1.82) is 0 Å². The van der Waals surface area contributed by atoms with Crippen LogP contribution in [-0.4, -0.2) is 18.9 Å². The standard InChI is InChI=1S/C21H31NO2/c1-24-19-14-12-18(13-15-19)22-20(16-8-4-2-5-9-16)21(23)17-10-6-3-7-11-17/h12-17,20,22H,2-11H2,1H3/t20-/m0/s1. The third-order valence-electron chi connectivity index (χ3n) is 5.85. The smallest absolute Gasteiger partial charge is 0.158 e. The van der Waals surface area contributed by atoms with Crippen LogP contribution < -0.4 is 10.1 Å². The van der Waals surface area contributed by atoms with Gasteiger partial charge in [-0.1, -0.05) is 38.5 Å². The second-order valence-electron chi connectivity index (χ2n) is 7.49. The van der Waals surface area contributed by atoms with Crippen LogP contribution in [0.25, 0.3) is 0 Å². The number of rotatable bonds is 6. The van der Waals surface area contributed by atoms with Crippen LogP contribution in [0.1, 0.15) is 64.2 Å². The fraction of sp³-hybridized carbons (Fsp3) is 0.667. The number of benzene rings is 1. The molecule has 24 heavy (non-hydrogen) atoms. The summed E-state index contributed by atoms with van der Waals surface area (Å²) in [7, 11) is 1.68. The lowest BCUT2D eigenvalue weighted by Gasteiger charge is -2.34. The first-order valence-corrected chi connectivity index (χ1v) is 9.72. The van der Waals surface area contributed by atoms with E-state index in [4.69, 9.17) is 4.74 Å². The molecule has 0 amide bonds. The van der Waals surface area contributed by atoms with Gasteiger partial charge in [-0.25, -0.2) is 0 Å². The van der Waals surface area contributed by atoms with Crippen LogP contribution in [0.2, 0.25) is 0 Å². The number of ketones is 1.